The highest BCUT2D eigenvalue weighted by molar-refractivity contribution is 8.00. The van der Waals surface area contributed by atoms with Crippen molar-refractivity contribution in [1.82, 2.24) is 14.9 Å². The summed E-state index contributed by atoms with van der Waals surface area (Å²) in [6.45, 7) is 3.82. The van der Waals surface area contributed by atoms with E-state index >= 15 is 0 Å². The Labute approximate surface area is 129 Å². The third-order valence-corrected chi connectivity index (χ3v) is 3.92. The molecule has 0 aliphatic rings. The number of hydrogen-bond donors (Lipinski definition) is 0. The molecule has 0 aliphatic carbocycles. The van der Waals surface area contributed by atoms with Crippen LogP contribution in [0.25, 0.3) is 11.3 Å². The molecule has 1 aromatic carbocycles. The van der Waals surface area contributed by atoms with Gasteiger partial charge in [0.25, 0.3) is 0 Å². The number of thioether (sulfide) groups is 1. The number of benzene rings is 1. The molecule has 0 radical (unpaired) electrons. The smallest absolute Gasteiger partial charge is 0.235 e. The molecule has 1 aromatic heterocycles. The first-order chi connectivity index (χ1) is 9.97. The monoisotopic (exact) mass is 301 g/mol. The Morgan fingerprint density at radius 1 is 1.19 bits per heavy atom. The normalized spacial score (nSPS) is 12.0. The molecule has 0 spiro atoms. The van der Waals surface area contributed by atoms with Crippen molar-refractivity contribution in [2.75, 3.05) is 14.1 Å². The van der Waals surface area contributed by atoms with E-state index in [2.05, 4.69) is 9.97 Å². The standard InChI is InChI=1S/C16H19N3OS/c1-11-10-14(13-8-6-5-7-9-13)18-16(17-11)21-12(2)15(20)19(3)4/h5-10,12H,1-4H3/t12-/m1/s1. The molecule has 0 saturated carbocycles. The molecule has 0 saturated heterocycles. The molecule has 5 heteroatoms. The summed E-state index contributed by atoms with van der Waals surface area (Å²) in [6, 6.07) is 11.9. The molecule has 1 atom stereocenters. The largest absolute Gasteiger partial charge is 0.348 e. The van der Waals surface area contributed by atoms with Gasteiger partial charge in [0.1, 0.15) is 0 Å². The summed E-state index contributed by atoms with van der Waals surface area (Å²) in [6.07, 6.45) is 0. The lowest BCUT2D eigenvalue weighted by molar-refractivity contribution is -0.127. The molecular formula is C16H19N3OS. The maximum Gasteiger partial charge on any atom is 0.235 e. The fraction of sp³-hybridized carbons (Fsp3) is 0.312. The lowest BCUT2D eigenvalue weighted by Crippen LogP contribution is -2.29. The van der Waals surface area contributed by atoms with Crippen LogP contribution in [0.15, 0.2) is 41.6 Å². The van der Waals surface area contributed by atoms with Gasteiger partial charge in [-0.05, 0) is 19.9 Å². The Bertz CT molecular complexity index is 629. The van der Waals surface area contributed by atoms with Gasteiger partial charge in [0.15, 0.2) is 5.16 Å². The van der Waals surface area contributed by atoms with Crippen LogP contribution in [0, 0.1) is 6.92 Å². The number of aromatic nitrogens is 2. The maximum absolute atomic E-state index is 11.9. The number of carbonyl (C=O) groups excluding carboxylic acids is 1. The fourth-order valence-electron chi connectivity index (χ4n) is 1.92. The van der Waals surface area contributed by atoms with Gasteiger partial charge in [-0.1, -0.05) is 42.1 Å². The van der Waals surface area contributed by atoms with Crippen molar-refractivity contribution < 1.29 is 4.79 Å². The van der Waals surface area contributed by atoms with Gasteiger partial charge in [0.05, 0.1) is 10.9 Å². The molecule has 0 bridgehead atoms. The van der Waals surface area contributed by atoms with E-state index in [1.54, 1.807) is 19.0 Å². The lowest BCUT2D eigenvalue weighted by atomic mass is 10.1. The van der Waals surface area contributed by atoms with Crippen LogP contribution in [-0.2, 0) is 4.79 Å². The molecule has 0 N–H and O–H groups in total. The van der Waals surface area contributed by atoms with E-state index < -0.39 is 0 Å². The van der Waals surface area contributed by atoms with Crippen LogP contribution in [0.4, 0.5) is 0 Å². The second-order valence-electron chi connectivity index (χ2n) is 5.04. The van der Waals surface area contributed by atoms with E-state index in [1.165, 1.54) is 11.8 Å². The molecule has 1 amide bonds. The van der Waals surface area contributed by atoms with Crippen LogP contribution in [0.1, 0.15) is 12.6 Å². The van der Waals surface area contributed by atoms with Gasteiger partial charge in [-0.3, -0.25) is 4.79 Å². The predicted molar refractivity (Wildman–Crippen MR) is 86.2 cm³/mol. The molecule has 2 aromatic rings. The van der Waals surface area contributed by atoms with E-state index in [0.717, 1.165) is 17.0 Å². The summed E-state index contributed by atoms with van der Waals surface area (Å²) in [7, 11) is 3.51. The van der Waals surface area contributed by atoms with Crippen LogP contribution in [0.3, 0.4) is 0 Å². The van der Waals surface area contributed by atoms with Crippen LogP contribution < -0.4 is 0 Å². The first-order valence-electron chi connectivity index (χ1n) is 6.76. The molecule has 4 nitrogen and oxygen atoms in total. The highest BCUT2D eigenvalue weighted by atomic mass is 32.2. The van der Waals surface area contributed by atoms with Gasteiger partial charge in [-0.15, -0.1) is 0 Å². The molecule has 0 aliphatic heterocycles. The highest BCUT2D eigenvalue weighted by Crippen LogP contribution is 2.24. The van der Waals surface area contributed by atoms with Crippen LogP contribution in [-0.4, -0.2) is 40.1 Å². The average molecular weight is 301 g/mol. The van der Waals surface area contributed by atoms with E-state index in [4.69, 9.17) is 0 Å². The average Bonchev–Trinajstić information content (AvgIpc) is 2.46. The van der Waals surface area contributed by atoms with Gasteiger partial charge < -0.3 is 4.90 Å². The minimum Gasteiger partial charge on any atom is -0.348 e. The molecule has 1 heterocycles. The third-order valence-electron chi connectivity index (χ3n) is 2.97. The van der Waals surface area contributed by atoms with E-state index in [-0.39, 0.29) is 11.2 Å². The molecule has 2 rings (SSSR count). The quantitative estimate of drug-likeness (QED) is 0.643. The molecular weight excluding hydrogens is 282 g/mol. The lowest BCUT2D eigenvalue weighted by Gasteiger charge is -2.16. The molecule has 0 fully saturated rings. The van der Waals surface area contributed by atoms with Gasteiger partial charge in [-0.25, -0.2) is 9.97 Å². The Morgan fingerprint density at radius 2 is 1.86 bits per heavy atom. The SMILES string of the molecule is Cc1cc(-c2ccccc2)nc(S[C@H](C)C(=O)N(C)C)n1. The van der Waals surface area contributed by atoms with Crippen LogP contribution in [0.5, 0.6) is 0 Å². The van der Waals surface area contributed by atoms with Gasteiger partial charge >= 0.3 is 0 Å². The van der Waals surface area contributed by atoms with Gasteiger partial charge in [0, 0.05) is 25.4 Å². The zero-order chi connectivity index (χ0) is 15.4. The minimum absolute atomic E-state index is 0.0615. The number of carbonyl (C=O) groups is 1. The highest BCUT2D eigenvalue weighted by Gasteiger charge is 2.18. The Kier molecular flexibility index (Phi) is 4.96. The van der Waals surface area contributed by atoms with E-state index in [0.29, 0.717) is 5.16 Å². The van der Waals surface area contributed by atoms with E-state index in [1.807, 2.05) is 50.2 Å². The van der Waals surface area contributed by atoms with Crippen molar-refractivity contribution in [3.63, 3.8) is 0 Å². The maximum atomic E-state index is 11.9. The van der Waals surface area contributed by atoms with Crippen molar-refractivity contribution in [2.45, 2.75) is 24.3 Å². The molecule has 110 valence electrons. The van der Waals surface area contributed by atoms with Crippen molar-refractivity contribution >= 4 is 17.7 Å². The molecule has 0 unspecified atom stereocenters. The number of aryl methyl sites for hydroxylation is 1. The fourth-order valence-corrected chi connectivity index (χ4v) is 2.90. The zero-order valence-corrected chi connectivity index (χ0v) is 13.5. The summed E-state index contributed by atoms with van der Waals surface area (Å²) < 4.78 is 0. The first-order valence-corrected chi connectivity index (χ1v) is 7.64. The summed E-state index contributed by atoms with van der Waals surface area (Å²) in [5.41, 5.74) is 2.84. The van der Waals surface area contributed by atoms with Crippen LogP contribution in [0.2, 0.25) is 0 Å². The van der Waals surface area contributed by atoms with Crippen LogP contribution >= 0.6 is 11.8 Å². The Balaban J connectivity index is 2.26. The summed E-state index contributed by atoms with van der Waals surface area (Å²) >= 11 is 1.39. The topological polar surface area (TPSA) is 46.1 Å². The van der Waals surface area contributed by atoms with Gasteiger partial charge in [-0.2, -0.15) is 0 Å². The Morgan fingerprint density at radius 3 is 2.48 bits per heavy atom. The number of rotatable bonds is 4. The van der Waals surface area contributed by atoms with Crippen molar-refractivity contribution in [1.29, 1.82) is 0 Å². The second kappa shape index (κ2) is 6.72. The van der Waals surface area contributed by atoms with Crippen molar-refractivity contribution in [3.05, 3.63) is 42.1 Å². The summed E-state index contributed by atoms with van der Waals surface area (Å²) in [4.78, 5) is 22.5. The number of amides is 1. The van der Waals surface area contributed by atoms with Crippen molar-refractivity contribution in [2.24, 2.45) is 0 Å². The summed E-state index contributed by atoms with van der Waals surface area (Å²) in [5.74, 6) is 0.0615. The summed E-state index contributed by atoms with van der Waals surface area (Å²) in [5, 5.41) is 0.432. The van der Waals surface area contributed by atoms with Gasteiger partial charge in [0.2, 0.25) is 5.91 Å². The number of nitrogens with zero attached hydrogens (tertiary/aromatic N) is 3. The third kappa shape index (κ3) is 4.04. The number of hydrogen-bond acceptors (Lipinski definition) is 4. The molecule has 21 heavy (non-hydrogen) atoms. The predicted octanol–water partition coefficient (Wildman–Crippen LogP) is 3.02. The van der Waals surface area contributed by atoms with E-state index in [9.17, 15) is 4.79 Å². The zero-order valence-electron chi connectivity index (χ0n) is 12.7. The Hall–Kier alpha value is -1.88. The van der Waals surface area contributed by atoms with Crippen molar-refractivity contribution in [3.8, 4) is 11.3 Å². The second-order valence-corrected chi connectivity index (χ2v) is 6.34. The minimum atomic E-state index is -0.203. The first kappa shape index (κ1) is 15.5.